The molecular weight excluding hydrogens is 468 g/mol. The van der Waals surface area contributed by atoms with Gasteiger partial charge < -0.3 is 24.4 Å². The first kappa shape index (κ1) is 24.7. The van der Waals surface area contributed by atoms with Gasteiger partial charge in [-0.15, -0.1) is 0 Å². The lowest BCUT2D eigenvalue weighted by atomic mass is 10.1. The third-order valence-corrected chi connectivity index (χ3v) is 5.64. The zero-order valence-electron chi connectivity index (χ0n) is 19.2. The van der Waals surface area contributed by atoms with Crippen LogP contribution in [-0.4, -0.2) is 40.6 Å². The molecule has 4 aromatic rings. The van der Waals surface area contributed by atoms with Crippen molar-refractivity contribution in [1.82, 2.24) is 4.90 Å². The van der Waals surface area contributed by atoms with E-state index in [0.717, 1.165) is 0 Å². The molecule has 2 aromatic heterocycles. The summed E-state index contributed by atoms with van der Waals surface area (Å²) in [6.07, 6.45) is -0.253. The lowest BCUT2D eigenvalue weighted by Gasteiger charge is -2.25. The lowest BCUT2D eigenvalue weighted by molar-refractivity contribution is -0.142. The predicted octanol–water partition coefficient (Wildman–Crippen LogP) is 3.90. The first-order chi connectivity index (χ1) is 17.4. The molecule has 0 aliphatic carbocycles. The summed E-state index contributed by atoms with van der Waals surface area (Å²) >= 11 is 0. The molecule has 3 N–H and O–H groups in total. The summed E-state index contributed by atoms with van der Waals surface area (Å²) in [4.78, 5) is 51.0. The zero-order valence-corrected chi connectivity index (χ0v) is 19.2. The molecule has 0 saturated carbocycles. The molecule has 2 aromatic carbocycles. The number of unbranched alkanes of at least 4 members (excludes halogenated alkanes) is 1. The van der Waals surface area contributed by atoms with E-state index in [9.17, 15) is 24.3 Å². The van der Waals surface area contributed by atoms with Crippen LogP contribution in [0.2, 0.25) is 0 Å². The summed E-state index contributed by atoms with van der Waals surface area (Å²) < 4.78 is 16.2. The maximum absolute atomic E-state index is 13.5. The molecule has 186 valence electrons. The molecule has 10 nitrogen and oxygen atoms in total. The summed E-state index contributed by atoms with van der Waals surface area (Å²) in [5, 5.41) is 10.8. The average Bonchev–Trinajstić information content (AvgIpc) is 3.32. The van der Waals surface area contributed by atoms with E-state index < -0.39 is 29.6 Å². The highest BCUT2D eigenvalue weighted by atomic mass is 16.6. The second-order valence-corrected chi connectivity index (χ2v) is 8.11. The van der Waals surface area contributed by atoms with Crippen LogP contribution in [0.4, 0.5) is 4.79 Å². The molecular formula is C26H24N2O8. The molecule has 0 saturated heterocycles. The minimum atomic E-state index is -1.50. The Kier molecular flexibility index (Phi) is 7.45. The van der Waals surface area contributed by atoms with Gasteiger partial charge in [-0.2, -0.15) is 0 Å². The van der Waals surface area contributed by atoms with Crippen molar-refractivity contribution in [1.29, 1.82) is 0 Å². The van der Waals surface area contributed by atoms with Crippen LogP contribution in [0.5, 0.6) is 0 Å². The zero-order chi connectivity index (χ0) is 25.7. The number of furan rings is 1. The fourth-order valence-corrected chi connectivity index (χ4v) is 3.85. The van der Waals surface area contributed by atoms with Gasteiger partial charge in [-0.1, -0.05) is 30.3 Å². The fraction of sp³-hybridized carbons (Fsp3) is 0.231. The highest BCUT2D eigenvalue weighted by molar-refractivity contribution is 6.09. The molecule has 36 heavy (non-hydrogen) atoms. The van der Waals surface area contributed by atoms with Crippen molar-refractivity contribution < 1.29 is 33.1 Å². The number of carboxylic acid groups (broad SMARTS) is 1. The number of amides is 2. The third kappa shape index (κ3) is 5.28. The molecule has 0 aliphatic rings. The Bertz CT molecular complexity index is 1460. The van der Waals surface area contributed by atoms with Crippen molar-refractivity contribution in [3.8, 4) is 0 Å². The second kappa shape index (κ2) is 10.9. The molecule has 2 heterocycles. The van der Waals surface area contributed by atoms with Crippen LogP contribution in [0.3, 0.4) is 0 Å². The van der Waals surface area contributed by atoms with Gasteiger partial charge in [0.25, 0.3) is 5.91 Å². The third-order valence-electron chi connectivity index (χ3n) is 5.64. The number of rotatable bonds is 9. The van der Waals surface area contributed by atoms with Gasteiger partial charge in [-0.25, -0.2) is 19.3 Å². The van der Waals surface area contributed by atoms with Gasteiger partial charge in [0.05, 0.1) is 5.39 Å². The Balaban J connectivity index is 1.70. The molecule has 0 radical (unpaired) electrons. The Morgan fingerprint density at radius 3 is 2.47 bits per heavy atom. The first-order valence-corrected chi connectivity index (χ1v) is 11.3. The highest BCUT2D eigenvalue weighted by Crippen LogP contribution is 2.29. The van der Waals surface area contributed by atoms with E-state index in [-0.39, 0.29) is 30.0 Å². The first-order valence-electron chi connectivity index (χ1n) is 11.3. The van der Waals surface area contributed by atoms with E-state index in [4.69, 9.17) is 19.3 Å². The van der Waals surface area contributed by atoms with Crippen LogP contribution in [0.25, 0.3) is 21.9 Å². The van der Waals surface area contributed by atoms with Crippen LogP contribution >= 0.6 is 0 Å². The standard InChI is InChI=1S/C26H24N2O8/c27-13-5-4-8-19(25(31)32)28(26(33)34-15-16-6-2-1-3-7-16)24(30)21-14-18-20(35-21)11-9-17-10-12-22(29)36-23(17)18/h1-3,6-7,9-12,14,19H,4-5,8,13,15,27H2,(H,31,32)/t19-/m0/s1. The normalized spacial score (nSPS) is 11.9. The van der Waals surface area contributed by atoms with Gasteiger partial charge in [-0.3, -0.25) is 4.79 Å². The number of imide groups is 1. The van der Waals surface area contributed by atoms with Crippen LogP contribution in [-0.2, 0) is 16.1 Å². The largest absolute Gasteiger partial charge is 0.480 e. The molecule has 1 atom stereocenters. The van der Waals surface area contributed by atoms with Crippen molar-refractivity contribution in [2.24, 2.45) is 5.73 Å². The van der Waals surface area contributed by atoms with Gasteiger partial charge in [0.2, 0.25) is 0 Å². The van der Waals surface area contributed by atoms with Gasteiger partial charge in [0, 0.05) is 17.5 Å². The summed E-state index contributed by atoms with van der Waals surface area (Å²) in [5.74, 6) is -2.66. The number of aliphatic carboxylic acids is 1. The molecule has 0 unspecified atom stereocenters. The van der Waals surface area contributed by atoms with E-state index in [1.54, 1.807) is 48.5 Å². The summed E-state index contributed by atoms with van der Waals surface area (Å²) in [7, 11) is 0. The smallest absolute Gasteiger partial charge is 0.418 e. The predicted molar refractivity (Wildman–Crippen MR) is 129 cm³/mol. The maximum atomic E-state index is 13.5. The van der Waals surface area contributed by atoms with Gasteiger partial charge in [0.1, 0.15) is 23.8 Å². The van der Waals surface area contributed by atoms with Crippen molar-refractivity contribution in [2.75, 3.05) is 6.54 Å². The van der Waals surface area contributed by atoms with Crippen LogP contribution < -0.4 is 11.4 Å². The minimum absolute atomic E-state index is 0.0171. The molecule has 0 aliphatic heterocycles. The number of ether oxygens (including phenoxy) is 1. The number of fused-ring (bicyclic) bond motifs is 3. The quantitative estimate of drug-likeness (QED) is 0.261. The Morgan fingerprint density at radius 1 is 1.00 bits per heavy atom. The van der Waals surface area contributed by atoms with E-state index >= 15 is 0 Å². The summed E-state index contributed by atoms with van der Waals surface area (Å²) in [5.41, 5.74) is 6.04. The summed E-state index contributed by atoms with van der Waals surface area (Å²) in [6.45, 7) is 0.176. The lowest BCUT2D eigenvalue weighted by Crippen LogP contribution is -2.49. The monoisotopic (exact) mass is 492 g/mol. The number of hydrogen-bond acceptors (Lipinski definition) is 8. The van der Waals surface area contributed by atoms with E-state index in [1.807, 2.05) is 0 Å². The van der Waals surface area contributed by atoms with Gasteiger partial charge in [0.15, 0.2) is 5.76 Å². The molecule has 4 rings (SSSR count). The number of carbonyl (C=O) groups excluding carboxylic acids is 2. The van der Waals surface area contributed by atoms with Gasteiger partial charge >= 0.3 is 17.7 Å². The molecule has 10 heteroatoms. The van der Waals surface area contributed by atoms with Gasteiger partial charge in [-0.05, 0) is 49.6 Å². The van der Waals surface area contributed by atoms with E-state index in [0.29, 0.717) is 40.6 Å². The second-order valence-electron chi connectivity index (χ2n) is 8.11. The van der Waals surface area contributed by atoms with Crippen LogP contribution in [0.15, 0.2) is 74.3 Å². The molecule has 0 spiro atoms. The maximum Gasteiger partial charge on any atom is 0.418 e. The minimum Gasteiger partial charge on any atom is -0.480 e. The average molecular weight is 492 g/mol. The molecule has 0 fully saturated rings. The van der Waals surface area contributed by atoms with Crippen LogP contribution in [0, 0.1) is 0 Å². The van der Waals surface area contributed by atoms with Crippen molar-refractivity contribution in [3.63, 3.8) is 0 Å². The van der Waals surface area contributed by atoms with E-state index in [2.05, 4.69) is 0 Å². The SMILES string of the molecule is NCCCC[C@@H](C(=O)O)N(C(=O)OCc1ccccc1)C(=O)c1cc2c(ccc3ccc(=O)oc32)o1. The molecule has 2 amide bonds. The van der Waals surface area contributed by atoms with E-state index in [1.165, 1.54) is 12.1 Å². The van der Waals surface area contributed by atoms with Crippen molar-refractivity contribution >= 4 is 39.9 Å². The van der Waals surface area contributed by atoms with Crippen LogP contribution in [0.1, 0.15) is 35.4 Å². The number of hydrogen-bond donors (Lipinski definition) is 2. The summed E-state index contributed by atoms with van der Waals surface area (Å²) in [6, 6.07) is 14.7. The topological polar surface area (TPSA) is 153 Å². The number of carboxylic acids is 1. The number of benzene rings is 2. The fourth-order valence-electron chi connectivity index (χ4n) is 3.85. The molecule has 0 bridgehead atoms. The Hall–Kier alpha value is -4.44. The number of nitrogens with two attached hydrogens (primary N) is 1. The number of carbonyl (C=O) groups is 3. The Morgan fingerprint density at radius 2 is 1.75 bits per heavy atom. The van der Waals surface area contributed by atoms with Crippen molar-refractivity contribution in [2.45, 2.75) is 31.9 Å². The Labute approximate surface area is 204 Å². The highest BCUT2D eigenvalue weighted by Gasteiger charge is 2.38. The van der Waals surface area contributed by atoms with Crippen molar-refractivity contribution in [3.05, 3.63) is 82.4 Å². The number of nitrogens with zero attached hydrogens (tertiary/aromatic N) is 1.